The van der Waals surface area contributed by atoms with E-state index in [-0.39, 0.29) is 0 Å². The van der Waals surface area contributed by atoms with Crippen molar-refractivity contribution in [2.75, 3.05) is 59.5 Å². The minimum atomic E-state index is -2.70. The van der Waals surface area contributed by atoms with Crippen molar-refractivity contribution < 1.29 is 286 Å². The first-order valence-corrected chi connectivity index (χ1v) is 45.7. The second-order valence-corrected chi connectivity index (χ2v) is 36.6. The van der Waals surface area contributed by atoms with Crippen molar-refractivity contribution in [3.05, 3.63) is 0 Å². The molecule has 62 heteroatoms. The van der Waals surface area contributed by atoms with Crippen LogP contribution in [0.3, 0.4) is 0 Å². The fourth-order valence-electron chi connectivity index (χ4n) is 18.6. The number of aliphatic hydroxyl groups excluding tert-OH is 31. The van der Waals surface area contributed by atoms with E-state index in [0.29, 0.717) is 0 Å². The third kappa shape index (κ3) is 25.4. The maximum Gasteiger partial charge on any atom is 0.217 e. The largest absolute Gasteiger partial charge is 0.394 e. The molecule has 0 aliphatic carbocycles. The molecule has 0 radical (unpaired) electrons. The monoisotopic (exact) mass is 2080 g/mol. The Morgan fingerprint density at radius 3 is 0.768 bits per heavy atom. The molecule has 60 atom stereocenters. The lowest BCUT2D eigenvalue weighted by Crippen LogP contribution is -2.71. The van der Waals surface area contributed by atoms with Gasteiger partial charge in [0.25, 0.3) is 0 Å². The standard InChI is InChI=1S/C80H134N4O58/c1-17-37(96)49(108)56(115)73(122-17)120-16-32-63(45(104)33(69(119)125-32)81-20(4)92)134-70-34(82-21(5)93)46(105)60(28(12-89)130-70)135-76-59(118)64(138-80-66(53(112)41(100)27(11-88)129-80)140-72-36(84-23(7)95)48(107)62(30(14-91)132-72)137-79-68(55(114)43(102)26(10-87)128-79)142-75-58(117)51(110)39(98)19(3)124-75)44(103)31(133-76)15-121-77-65(52(111)40(99)24(8-85)126-77)139-71-35(83-22(6)94)47(106)61(29(13-90)131-71)136-78-67(54(113)42(101)25(9-86)127-78)141-74-57(116)50(109)38(97)18(2)123-74/h17-19,24-80,85-91,96-119H,8-16H2,1-7H3,(H,81,92)(H,82,93)(H,83,94)(H,84,95)/t17-,18-,19-,24+,25+,26+,27+,28+,29+,30+,31+,32+,33+,34+,35+,36-,37+,38+,39+,40+,41+,42-,43-,44+,45+,46+,47+,48+,49+,50+,51+,52-,53-,54-,55-,56-,57-,58-,59-,60+,61+,62+,63+,64-,65-,66-,67+,68+,69+,70-,71-,72-,73+,74-,75-,76-,77-,78-,79-,80+/m0/s1. The van der Waals surface area contributed by atoms with Crippen LogP contribution in [0.15, 0.2) is 0 Å². The van der Waals surface area contributed by atoms with Gasteiger partial charge in [0.15, 0.2) is 75.5 Å². The van der Waals surface area contributed by atoms with Crippen LogP contribution in [0.4, 0.5) is 0 Å². The van der Waals surface area contributed by atoms with Crippen LogP contribution < -0.4 is 21.3 Å². The minimum absolute atomic E-state index is 0.868. The molecule has 0 spiro atoms. The van der Waals surface area contributed by atoms with E-state index < -0.39 is 451 Å². The van der Waals surface area contributed by atoms with E-state index in [2.05, 4.69) is 21.3 Å². The molecule has 0 saturated carbocycles. The van der Waals surface area contributed by atoms with Gasteiger partial charge in [-0.05, 0) is 20.8 Å². The molecular formula is C80H134N4O58. The quantitative estimate of drug-likeness (QED) is 0.0280. The van der Waals surface area contributed by atoms with Crippen molar-refractivity contribution in [3.63, 3.8) is 0 Å². The van der Waals surface area contributed by atoms with Gasteiger partial charge in [0.1, 0.15) is 274 Å². The first kappa shape index (κ1) is 116. The van der Waals surface area contributed by atoms with Crippen LogP contribution in [-0.4, -0.2) is 610 Å². The van der Waals surface area contributed by atoms with Crippen LogP contribution in [0.25, 0.3) is 0 Å². The van der Waals surface area contributed by atoms with Crippen LogP contribution in [0.2, 0.25) is 0 Å². The molecule has 0 aromatic carbocycles. The van der Waals surface area contributed by atoms with Gasteiger partial charge in [0, 0.05) is 27.7 Å². The summed E-state index contributed by atoms with van der Waals surface area (Å²) >= 11 is 0. The highest BCUT2D eigenvalue weighted by Gasteiger charge is 2.64. The highest BCUT2D eigenvalue weighted by atomic mass is 16.8. The molecule has 142 heavy (non-hydrogen) atoms. The topological polar surface area (TPSA) is 956 Å². The van der Waals surface area contributed by atoms with E-state index in [1.807, 2.05) is 0 Å². The Morgan fingerprint density at radius 1 is 0.197 bits per heavy atom. The lowest BCUT2D eigenvalue weighted by molar-refractivity contribution is -0.402. The summed E-state index contributed by atoms with van der Waals surface area (Å²) in [7, 11) is 0. The molecule has 0 unspecified atom stereocenters. The summed E-state index contributed by atoms with van der Waals surface area (Å²) in [5, 5.41) is 360. The summed E-state index contributed by atoms with van der Waals surface area (Å²) in [4.78, 5) is 52.5. The summed E-state index contributed by atoms with van der Waals surface area (Å²) < 4.78 is 138. The van der Waals surface area contributed by atoms with E-state index >= 15 is 0 Å². The van der Waals surface area contributed by atoms with Gasteiger partial charge in [-0.1, -0.05) is 0 Å². The number of nitrogens with one attached hydrogen (secondary N) is 4. The van der Waals surface area contributed by atoms with Crippen molar-refractivity contribution in [2.24, 2.45) is 0 Å². The number of aliphatic hydroxyl groups is 31. The zero-order chi connectivity index (χ0) is 104. The smallest absolute Gasteiger partial charge is 0.217 e. The second kappa shape index (κ2) is 50.3. The first-order valence-electron chi connectivity index (χ1n) is 45.7. The number of carbonyl (C=O) groups is 4. The predicted molar refractivity (Wildman–Crippen MR) is 437 cm³/mol. The Kier molecular flexibility index (Phi) is 41.2. The zero-order valence-corrected chi connectivity index (χ0v) is 76.9. The van der Waals surface area contributed by atoms with Gasteiger partial charge in [0.05, 0.1) is 77.8 Å². The number of rotatable bonds is 35. The molecule has 12 rings (SSSR count). The predicted octanol–water partition coefficient (Wildman–Crippen LogP) is -23.5. The molecule has 822 valence electrons. The number of hydrogen-bond donors (Lipinski definition) is 35. The van der Waals surface area contributed by atoms with E-state index in [9.17, 15) is 177 Å². The molecule has 12 aliphatic rings. The van der Waals surface area contributed by atoms with Gasteiger partial charge >= 0.3 is 0 Å². The van der Waals surface area contributed by atoms with Crippen LogP contribution >= 0.6 is 0 Å². The van der Waals surface area contributed by atoms with E-state index in [1.54, 1.807) is 0 Å². The third-order valence-corrected chi connectivity index (χ3v) is 26.6. The van der Waals surface area contributed by atoms with E-state index in [0.717, 1.165) is 27.7 Å². The molecule has 12 fully saturated rings. The van der Waals surface area contributed by atoms with Gasteiger partial charge in [-0.2, -0.15) is 0 Å². The highest BCUT2D eigenvalue weighted by Crippen LogP contribution is 2.43. The molecule has 0 aromatic rings. The molecule has 12 heterocycles. The fraction of sp³-hybridized carbons (Fsp3) is 0.950. The lowest BCUT2D eigenvalue weighted by Gasteiger charge is -2.51. The number of hydrogen-bond acceptors (Lipinski definition) is 58. The van der Waals surface area contributed by atoms with Gasteiger partial charge in [-0.25, -0.2) is 0 Å². The van der Waals surface area contributed by atoms with Crippen LogP contribution in [0, 0.1) is 0 Å². The summed E-state index contributed by atoms with van der Waals surface area (Å²) in [5.74, 6) is -3.94. The van der Waals surface area contributed by atoms with Crippen molar-refractivity contribution in [2.45, 2.75) is 417 Å². The molecule has 62 nitrogen and oxygen atoms in total. The van der Waals surface area contributed by atoms with E-state index in [4.69, 9.17) is 109 Å². The van der Waals surface area contributed by atoms with Crippen molar-refractivity contribution in [1.82, 2.24) is 21.3 Å². The minimum Gasteiger partial charge on any atom is -0.394 e. The Hall–Kier alpha value is -4.28. The SMILES string of the molecule is CC(=O)N[C@@H]1[C@H](O[C@@H]2[C@@H](O[C@@H]3[C@H](O)[C@H](O[C@H]4[C@H](O)[C@@H](NC(C)=O)[C@H](O[C@H]5[C@H](O)[C@@H](NC(C)=O)[C@H](O)O[C@@H]5CO[C@@H]5O[C@@H](C)[C@@H](O)[C@@H](O)[C@@H]5O)O[C@@H]4CO)O[C@H](CO[C@H]4O[C@H](CO)[C@@H](O)[C@H](O)[C@@H]4O[C@@H]4O[C@H](CO)[C@@H](O[C@@H]5O[C@H](CO)[C@H](O)[C@H](O)[C@H]5O[C@@H]5O[C@@H](C)[C@@H](O)[C@@H](O)[C@@H]5O)[C@H](O)[C@H]4NC(C)=O)[C@H]3O)O[C@H](CO)[C@@H](O)[C@@H]2O)O[C@H](CO)[C@@H](O[C@@H]2O[C@H](CO)[C@H](O)[C@H](O)[C@H]2O[C@@H]2O[C@@H](C)[C@@H](O)[C@@H](O)[C@@H]2O)[C@@H]1O. The fourth-order valence-corrected chi connectivity index (χ4v) is 18.6. The summed E-state index contributed by atoms with van der Waals surface area (Å²) in [5.41, 5.74) is 0. The molecule has 35 N–H and O–H groups in total. The zero-order valence-electron chi connectivity index (χ0n) is 76.9. The molecule has 0 aromatic heterocycles. The molecule has 0 bridgehead atoms. The Morgan fingerprint density at radius 2 is 0.430 bits per heavy atom. The number of carbonyl (C=O) groups excluding carboxylic acids is 4. The average molecular weight is 2080 g/mol. The summed E-state index contributed by atoms with van der Waals surface area (Å²) in [6, 6.07) is -8.01. The molecule has 4 amide bonds. The first-order chi connectivity index (χ1) is 67.1. The molecule has 12 saturated heterocycles. The lowest BCUT2D eigenvalue weighted by atomic mass is 9.93. The van der Waals surface area contributed by atoms with Gasteiger partial charge in [-0.3, -0.25) is 19.2 Å². The van der Waals surface area contributed by atoms with Crippen LogP contribution in [0.5, 0.6) is 0 Å². The maximum absolute atomic E-state index is 13.4. The number of ether oxygens (including phenoxy) is 23. The van der Waals surface area contributed by atoms with Gasteiger partial charge in [0.2, 0.25) is 23.6 Å². The Bertz CT molecular complexity index is 3940. The second-order valence-electron chi connectivity index (χ2n) is 36.6. The summed E-state index contributed by atoms with van der Waals surface area (Å²) in [6.45, 7) is -3.08. The molecule has 12 aliphatic heterocycles. The van der Waals surface area contributed by atoms with Gasteiger partial charge in [-0.15, -0.1) is 0 Å². The van der Waals surface area contributed by atoms with Gasteiger partial charge < -0.3 is 289 Å². The maximum atomic E-state index is 13.4. The van der Waals surface area contributed by atoms with Crippen molar-refractivity contribution >= 4 is 23.6 Å². The van der Waals surface area contributed by atoms with Crippen molar-refractivity contribution in [1.29, 1.82) is 0 Å². The normalized spacial score (nSPS) is 50.9. The summed E-state index contributed by atoms with van der Waals surface area (Å²) in [6.07, 6.45) is -117. The van der Waals surface area contributed by atoms with Crippen LogP contribution in [-0.2, 0) is 128 Å². The number of amides is 4. The Balaban J connectivity index is 0.868. The Labute approximate surface area is 805 Å². The van der Waals surface area contributed by atoms with Crippen LogP contribution in [0.1, 0.15) is 48.5 Å². The highest BCUT2D eigenvalue weighted by molar-refractivity contribution is 5.74. The average Bonchev–Trinajstić information content (AvgIpc) is 0.765. The van der Waals surface area contributed by atoms with E-state index in [1.165, 1.54) is 20.8 Å². The third-order valence-electron chi connectivity index (χ3n) is 26.6. The van der Waals surface area contributed by atoms with Crippen molar-refractivity contribution in [3.8, 4) is 0 Å². The molecular weight excluding hydrogens is 1940 g/mol.